The van der Waals surface area contributed by atoms with Gasteiger partial charge in [-0.05, 0) is 61.4 Å². The van der Waals surface area contributed by atoms with Crippen LogP contribution in [0.25, 0.3) is 0 Å². The van der Waals surface area contributed by atoms with Crippen LogP contribution in [0.15, 0.2) is 71.7 Å². The Labute approximate surface area is 240 Å². The van der Waals surface area contributed by atoms with E-state index in [1.807, 2.05) is 61.2 Å². The number of nitrogens with one attached hydrogen (secondary N) is 1. The SMILES string of the molecule is COc1ccc(C2=NC(c3ccc(C#N)cc3)C(c3ccc(C#N)cc3)N2C(=O)N2CCNCC2)c(OC(C)C)c1. The van der Waals surface area contributed by atoms with Gasteiger partial charge >= 0.3 is 6.03 Å². The molecule has 0 saturated carbocycles. The summed E-state index contributed by atoms with van der Waals surface area (Å²) in [5, 5.41) is 22.1. The van der Waals surface area contributed by atoms with E-state index in [0.717, 1.165) is 11.1 Å². The van der Waals surface area contributed by atoms with Gasteiger partial charge in [0.2, 0.25) is 0 Å². The van der Waals surface area contributed by atoms with E-state index < -0.39 is 12.1 Å². The van der Waals surface area contributed by atoms with Crippen LogP contribution in [0.3, 0.4) is 0 Å². The molecule has 41 heavy (non-hydrogen) atoms. The quantitative estimate of drug-likeness (QED) is 0.474. The summed E-state index contributed by atoms with van der Waals surface area (Å²) in [6.07, 6.45) is -0.121. The zero-order chi connectivity index (χ0) is 28.9. The summed E-state index contributed by atoms with van der Waals surface area (Å²) in [7, 11) is 1.60. The van der Waals surface area contributed by atoms with Crippen LogP contribution < -0.4 is 14.8 Å². The molecular formula is C32H32N6O3. The Bertz CT molecular complexity index is 1510. The van der Waals surface area contributed by atoms with Crippen molar-refractivity contribution in [1.29, 1.82) is 10.5 Å². The van der Waals surface area contributed by atoms with E-state index >= 15 is 0 Å². The molecule has 0 spiro atoms. The van der Waals surface area contributed by atoms with Crippen LogP contribution >= 0.6 is 0 Å². The molecule has 2 aliphatic heterocycles. The second-order valence-corrected chi connectivity index (χ2v) is 10.2. The zero-order valence-electron chi connectivity index (χ0n) is 23.4. The molecule has 2 heterocycles. The summed E-state index contributed by atoms with van der Waals surface area (Å²) < 4.78 is 11.7. The average Bonchev–Trinajstić information content (AvgIpc) is 3.41. The van der Waals surface area contributed by atoms with Gasteiger partial charge in [0.25, 0.3) is 0 Å². The summed E-state index contributed by atoms with van der Waals surface area (Å²) in [6, 6.07) is 23.4. The lowest BCUT2D eigenvalue weighted by Crippen LogP contribution is -2.53. The highest BCUT2D eigenvalue weighted by Gasteiger charge is 2.44. The molecule has 9 heteroatoms. The number of piperazine rings is 1. The van der Waals surface area contributed by atoms with Crippen molar-refractivity contribution in [2.45, 2.75) is 32.0 Å². The van der Waals surface area contributed by atoms with E-state index in [2.05, 4.69) is 17.5 Å². The zero-order valence-corrected chi connectivity index (χ0v) is 23.4. The van der Waals surface area contributed by atoms with Gasteiger partial charge in [0, 0.05) is 32.2 Å². The lowest BCUT2D eigenvalue weighted by Gasteiger charge is -2.36. The normalized spacial score (nSPS) is 18.4. The van der Waals surface area contributed by atoms with Crippen LogP contribution in [0.4, 0.5) is 4.79 Å². The molecule has 3 aromatic rings. The van der Waals surface area contributed by atoms with Crippen molar-refractivity contribution < 1.29 is 14.3 Å². The molecule has 2 amide bonds. The van der Waals surface area contributed by atoms with Gasteiger partial charge in [0.15, 0.2) is 0 Å². The predicted octanol–water partition coefficient (Wildman–Crippen LogP) is 4.80. The molecule has 0 bridgehead atoms. The van der Waals surface area contributed by atoms with Gasteiger partial charge in [0.05, 0.1) is 48.1 Å². The molecule has 1 saturated heterocycles. The predicted molar refractivity (Wildman–Crippen MR) is 155 cm³/mol. The smallest absolute Gasteiger partial charge is 0.326 e. The second-order valence-electron chi connectivity index (χ2n) is 10.2. The first-order valence-corrected chi connectivity index (χ1v) is 13.7. The molecule has 2 unspecified atom stereocenters. The second kappa shape index (κ2) is 12.1. The maximum absolute atomic E-state index is 14.4. The number of hydrogen-bond acceptors (Lipinski definition) is 7. The number of urea groups is 1. The van der Waals surface area contributed by atoms with Crippen molar-refractivity contribution in [3.05, 3.63) is 94.5 Å². The molecule has 1 N–H and O–H groups in total. The Morgan fingerprint density at radius 2 is 1.56 bits per heavy atom. The van der Waals surface area contributed by atoms with E-state index in [-0.39, 0.29) is 12.1 Å². The molecule has 9 nitrogen and oxygen atoms in total. The molecule has 0 aliphatic carbocycles. The minimum absolute atomic E-state index is 0.121. The van der Waals surface area contributed by atoms with Gasteiger partial charge in [-0.3, -0.25) is 9.89 Å². The van der Waals surface area contributed by atoms with Crippen molar-refractivity contribution in [1.82, 2.24) is 15.1 Å². The molecular weight excluding hydrogens is 516 g/mol. The van der Waals surface area contributed by atoms with Gasteiger partial charge in [-0.1, -0.05) is 24.3 Å². The first-order valence-electron chi connectivity index (χ1n) is 13.7. The number of rotatable bonds is 6. The first-order chi connectivity index (χ1) is 19.9. The maximum Gasteiger partial charge on any atom is 0.326 e. The van der Waals surface area contributed by atoms with Crippen LogP contribution in [-0.2, 0) is 0 Å². The molecule has 5 rings (SSSR count). The Balaban J connectivity index is 1.71. The van der Waals surface area contributed by atoms with Crippen molar-refractivity contribution in [3.8, 4) is 23.6 Å². The highest BCUT2D eigenvalue weighted by atomic mass is 16.5. The summed E-state index contributed by atoms with van der Waals surface area (Å²) in [6.45, 7) is 6.45. The molecule has 208 valence electrons. The Morgan fingerprint density at radius 1 is 0.951 bits per heavy atom. The lowest BCUT2D eigenvalue weighted by atomic mass is 9.92. The Morgan fingerprint density at radius 3 is 2.12 bits per heavy atom. The molecule has 3 aromatic carbocycles. The largest absolute Gasteiger partial charge is 0.497 e. The summed E-state index contributed by atoms with van der Waals surface area (Å²) >= 11 is 0. The number of carbonyl (C=O) groups excluding carboxylic acids is 1. The van der Waals surface area contributed by atoms with Gasteiger partial charge in [0.1, 0.15) is 23.4 Å². The fourth-order valence-corrected chi connectivity index (χ4v) is 5.22. The third kappa shape index (κ3) is 5.72. The highest BCUT2D eigenvalue weighted by Crippen LogP contribution is 2.45. The number of amidine groups is 1. The number of nitrogens with zero attached hydrogens (tertiary/aromatic N) is 5. The topological polar surface area (TPSA) is 114 Å². The maximum atomic E-state index is 14.4. The number of benzene rings is 3. The minimum Gasteiger partial charge on any atom is -0.497 e. The van der Waals surface area contributed by atoms with Crippen molar-refractivity contribution >= 4 is 11.9 Å². The average molecular weight is 549 g/mol. The van der Waals surface area contributed by atoms with Crippen molar-refractivity contribution in [2.24, 2.45) is 4.99 Å². The third-order valence-corrected chi connectivity index (χ3v) is 7.22. The van der Waals surface area contributed by atoms with E-state index in [1.165, 1.54) is 0 Å². The summed E-state index contributed by atoms with van der Waals surface area (Å²) in [5.41, 5.74) is 3.47. The van der Waals surface area contributed by atoms with Gasteiger partial charge in [-0.15, -0.1) is 0 Å². The number of carbonyl (C=O) groups is 1. The van der Waals surface area contributed by atoms with Crippen LogP contribution in [0.2, 0.25) is 0 Å². The number of ether oxygens (including phenoxy) is 2. The molecule has 1 fully saturated rings. The Hall–Kier alpha value is -4.86. The molecule has 0 radical (unpaired) electrons. The van der Waals surface area contributed by atoms with E-state index in [0.29, 0.717) is 60.2 Å². The standard InChI is InChI=1S/C32H32N6O3/c1-21(2)41-28-18-26(40-3)12-13-27(28)31-36-29(24-8-4-22(19-33)5-9-24)30(25-10-6-23(20-34)7-11-25)38(31)32(39)37-16-14-35-15-17-37/h4-13,18,21,29-30,35H,14-17H2,1-3H3. The van der Waals surface area contributed by atoms with Crippen LogP contribution in [0.1, 0.15) is 53.7 Å². The van der Waals surface area contributed by atoms with Gasteiger partial charge in [-0.25, -0.2) is 4.79 Å². The fraction of sp³-hybridized carbons (Fsp3) is 0.312. The van der Waals surface area contributed by atoms with Gasteiger partial charge < -0.3 is 19.7 Å². The number of nitriles is 2. The fourth-order valence-electron chi connectivity index (χ4n) is 5.22. The number of methoxy groups -OCH3 is 1. The van der Waals surface area contributed by atoms with Gasteiger partial charge in [-0.2, -0.15) is 10.5 Å². The Kier molecular flexibility index (Phi) is 8.19. The van der Waals surface area contributed by atoms with Crippen LogP contribution in [0, 0.1) is 22.7 Å². The highest BCUT2D eigenvalue weighted by molar-refractivity contribution is 6.11. The number of hydrogen-bond donors (Lipinski definition) is 1. The lowest BCUT2D eigenvalue weighted by molar-refractivity contribution is 0.157. The third-order valence-electron chi connectivity index (χ3n) is 7.22. The van der Waals surface area contributed by atoms with E-state index in [9.17, 15) is 15.3 Å². The first kappa shape index (κ1) is 27.7. The van der Waals surface area contributed by atoms with Crippen molar-refractivity contribution in [3.63, 3.8) is 0 Å². The molecule has 2 aliphatic rings. The van der Waals surface area contributed by atoms with E-state index in [1.54, 1.807) is 36.3 Å². The molecule has 2 atom stereocenters. The van der Waals surface area contributed by atoms with Crippen molar-refractivity contribution in [2.75, 3.05) is 33.3 Å². The minimum atomic E-state index is -0.498. The summed E-state index contributed by atoms with van der Waals surface area (Å²) in [4.78, 5) is 23.2. The molecule has 0 aromatic heterocycles. The van der Waals surface area contributed by atoms with E-state index in [4.69, 9.17) is 14.5 Å². The monoisotopic (exact) mass is 548 g/mol. The summed E-state index contributed by atoms with van der Waals surface area (Å²) in [5.74, 6) is 1.70. The van der Waals surface area contributed by atoms with Crippen LogP contribution in [-0.4, -0.2) is 61.1 Å². The number of amides is 2. The number of aliphatic imine (C=N–C) groups is 1. The van der Waals surface area contributed by atoms with Crippen LogP contribution in [0.5, 0.6) is 11.5 Å².